The van der Waals surface area contributed by atoms with Gasteiger partial charge in [-0.25, -0.2) is 0 Å². The predicted octanol–water partition coefficient (Wildman–Crippen LogP) is 3.79. The molecule has 6 nitrogen and oxygen atoms in total. The lowest BCUT2D eigenvalue weighted by Gasteiger charge is -2.26. The second-order valence-electron chi connectivity index (χ2n) is 6.55. The number of piperidine rings is 1. The molecule has 0 saturated carbocycles. The van der Waals surface area contributed by atoms with E-state index in [4.69, 9.17) is 9.26 Å². The highest BCUT2D eigenvalue weighted by Crippen LogP contribution is 2.25. The quantitative estimate of drug-likeness (QED) is 0.690. The van der Waals surface area contributed by atoms with Crippen molar-refractivity contribution in [2.24, 2.45) is 0 Å². The highest BCUT2D eigenvalue weighted by atomic mass is 16.5. The normalized spacial score (nSPS) is 14.1. The molecule has 0 atom stereocenters. The molecule has 6 heteroatoms. The van der Waals surface area contributed by atoms with Crippen LogP contribution in [0.3, 0.4) is 0 Å². The number of rotatable bonds is 5. The third-order valence-corrected chi connectivity index (χ3v) is 4.61. The summed E-state index contributed by atoms with van der Waals surface area (Å²) in [6.45, 7) is 1.70. The Balaban J connectivity index is 1.43. The maximum atomic E-state index is 12.2. The topological polar surface area (TPSA) is 68.5 Å². The molecular weight excluding hydrogens is 342 g/mol. The van der Waals surface area contributed by atoms with E-state index >= 15 is 0 Å². The van der Waals surface area contributed by atoms with Gasteiger partial charge in [-0.15, -0.1) is 0 Å². The zero-order valence-corrected chi connectivity index (χ0v) is 15.0. The van der Waals surface area contributed by atoms with Crippen LogP contribution in [0.15, 0.2) is 59.1 Å². The Bertz CT molecular complexity index is 902. The van der Waals surface area contributed by atoms with Crippen LogP contribution in [0, 0.1) is 0 Å². The zero-order valence-electron chi connectivity index (χ0n) is 15.0. The standard InChI is InChI=1S/C21H21N3O3/c25-19(24-12-5-2-6-13-24)15-26-18-11-7-10-17(14-18)20-22-21(27-23-20)16-8-3-1-4-9-16/h1,3-4,7-11,14H,2,5-6,12-13,15H2. The molecule has 138 valence electrons. The Hall–Kier alpha value is -3.15. The van der Waals surface area contributed by atoms with Crippen LogP contribution in [0.1, 0.15) is 19.3 Å². The first kappa shape index (κ1) is 17.3. The number of carbonyl (C=O) groups is 1. The Morgan fingerprint density at radius 3 is 2.59 bits per heavy atom. The molecule has 0 spiro atoms. The summed E-state index contributed by atoms with van der Waals surface area (Å²) in [6, 6.07) is 17.0. The minimum Gasteiger partial charge on any atom is -0.484 e. The van der Waals surface area contributed by atoms with Gasteiger partial charge in [0.1, 0.15) is 5.75 Å². The Morgan fingerprint density at radius 2 is 1.78 bits per heavy atom. The van der Waals surface area contributed by atoms with E-state index in [1.807, 2.05) is 59.5 Å². The van der Waals surface area contributed by atoms with Gasteiger partial charge < -0.3 is 14.2 Å². The second kappa shape index (κ2) is 8.03. The molecule has 1 aliphatic heterocycles. The molecule has 0 N–H and O–H groups in total. The fourth-order valence-electron chi connectivity index (χ4n) is 3.14. The molecule has 1 aromatic heterocycles. The largest absolute Gasteiger partial charge is 0.484 e. The first-order valence-electron chi connectivity index (χ1n) is 9.20. The van der Waals surface area contributed by atoms with Crippen molar-refractivity contribution in [2.75, 3.05) is 19.7 Å². The van der Waals surface area contributed by atoms with Crippen molar-refractivity contribution in [3.63, 3.8) is 0 Å². The van der Waals surface area contributed by atoms with Gasteiger partial charge in [0, 0.05) is 24.2 Å². The van der Waals surface area contributed by atoms with Crippen LogP contribution in [0.4, 0.5) is 0 Å². The minimum absolute atomic E-state index is 0.0334. The van der Waals surface area contributed by atoms with Crippen molar-refractivity contribution in [3.8, 4) is 28.6 Å². The zero-order chi connectivity index (χ0) is 18.5. The summed E-state index contributed by atoms with van der Waals surface area (Å²) >= 11 is 0. The number of nitrogens with zero attached hydrogens (tertiary/aromatic N) is 3. The molecule has 3 aromatic rings. The summed E-state index contributed by atoms with van der Waals surface area (Å²) in [7, 11) is 0. The van der Waals surface area contributed by atoms with E-state index in [0.29, 0.717) is 17.5 Å². The van der Waals surface area contributed by atoms with E-state index in [1.54, 1.807) is 0 Å². The molecule has 27 heavy (non-hydrogen) atoms. The summed E-state index contributed by atoms with van der Waals surface area (Å²) in [5.74, 6) is 1.61. The van der Waals surface area contributed by atoms with Gasteiger partial charge in [-0.3, -0.25) is 4.79 Å². The Kier molecular flexibility index (Phi) is 5.14. The van der Waals surface area contributed by atoms with Crippen molar-refractivity contribution in [1.29, 1.82) is 0 Å². The molecule has 2 aromatic carbocycles. The van der Waals surface area contributed by atoms with Crippen LogP contribution in [0.2, 0.25) is 0 Å². The van der Waals surface area contributed by atoms with E-state index < -0.39 is 0 Å². The van der Waals surface area contributed by atoms with Crippen LogP contribution in [0.25, 0.3) is 22.8 Å². The van der Waals surface area contributed by atoms with E-state index in [0.717, 1.165) is 37.1 Å². The molecule has 0 radical (unpaired) electrons. The van der Waals surface area contributed by atoms with Gasteiger partial charge in [-0.1, -0.05) is 35.5 Å². The van der Waals surface area contributed by atoms with Crippen molar-refractivity contribution in [1.82, 2.24) is 15.0 Å². The van der Waals surface area contributed by atoms with E-state index in [2.05, 4.69) is 10.1 Å². The van der Waals surface area contributed by atoms with Gasteiger partial charge in [0.05, 0.1) is 0 Å². The summed E-state index contributed by atoms with van der Waals surface area (Å²) in [6.07, 6.45) is 3.34. The molecule has 0 aliphatic carbocycles. The van der Waals surface area contributed by atoms with Crippen LogP contribution in [-0.4, -0.2) is 40.6 Å². The summed E-state index contributed by atoms with van der Waals surface area (Å²) in [5, 5.41) is 4.06. The molecule has 2 heterocycles. The maximum absolute atomic E-state index is 12.2. The number of amides is 1. The Morgan fingerprint density at radius 1 is 1.00 bits per heavy atom. The first-order valence-corrected chi connectivity index (χ1v) is 9.20. The number of benzene rings is 2. The average Bonchev–Trinajstić information content (AvgIpc) is 3.24. The third kappa shape index (κ3) is 4.16. The molecule has 0 unspecified atom stereocenters. The van der Waals surface area contributed by atoms with Crippen molar-refractivity contribution < 1.29 is 14.1 Å². The van der Waals surface area contributed by atoms with Crippen LogP contribution >= 0.6 is 0 Å². The van der Waals surface area contributed by atoms with Gasteiger partial charge >= 0.3 is 0 Å². The van der Waals surface area contributed by atoms with Gasteiger partial charge in [0.15, 0.2) is 6.61 Å². The highest BCUT2D eigenvalue weighted by Gasteiger charge is 2.17. The SMILES string of the molecule is O=C(COc1cccc(-c2noc(-c3ccccc3)n2)c1)N1CCCCC1. The lowest BCUT2D eigenvalue weighted by molar-refractivity contribution is -0.134. The molecule has 1 amide bonds. The minimum atomic E-state index is 0.0334. The average molecular weight is 363 g/mol. The monoisotopic (exact) mass is 363 g/mol. The molecular formula is C21H21N3O3. The molecule has 0 bridgehead atoms. The lowest BCUT2D eigenvalue weighted by Crippen LogP contribution is -2.38. The number of hydrogen-bond donors (Lipinski definition) is 0. The number of aromatic nitrogens is 2. The molecule has 1 saturated heterocycles. The number of carbonyl (C=O) groups excluding carboxylic acids is 1. The van der Waals surface area contributed by atoms with E-state index in [1.165, 1.54) is 6.42 Å². The lowest BCUT2D eigenvalue weighted by atomic mass is 10.1. The molecule has 1 fully saturated rings. The maximum Gasteiger partial charge on any atom is 0.260 e. The number of hydrogen-bond acceptors (Lipinski definition) is 5. The summed E-state index contributed by atoms with van der Waals surface area (Å²) < 4.78 is 11.1. The van der Waals surface area contributed by atoms with Crippen molar-refractivity contribution in [3.05, 3.63) is 54.6 Å². The predicted molar refractivity (Wildman–Crippen MR) is 101 cm³/mol. The van der Waals surface area contributed by atoms with Gasteiger partial charge in [-0.2, -0.15) is 4.98 Å². The number of ether oxygens (including phenoxy) is 1. The van der Waals surface area contributed by atoms with Crippen molar-refractivity contribution in [2.45, 2.75) is 19.3 Å². The molecule has 4 rings (SSSR count). The fraction of sp³-hybridized carbons (Fsp3) is 0.286. The Labute approximate surface area is 157 Å². The van der Waals surface area contributed by atoms with Crippen molar-refractivity contribution >= 4 is 5.91 Å². The fourth-order valence-corrected chi connectivity index (χ4v) is 3.14. The summed E-state index contributed by atoms with van der Waals surface area (Å²) in [5.41, 5.74) is 1.65. The van der Waals surface area contributed by atoms with Gasteiger partial charge in [-0.05, 0) is 43.5 Å². The van der Waals surface area contributed by atoms with Gasteiger partial charge in [0.25, 0.3) is 11.8 Å². The first-order chi connectivity index (χ1) is 13.3. The number of likely N-dealkylation sites (tertiary alicyclic amines) is 1. The van der Waals surface area contributed by atoms with Crippen LogP contribution < -0.4 is 4.74 Å². The van der Waals surface area contributed by atoms with Crippen LogP contribution in [0.5, 0.6) is 5.75 Å². The van der Waals surface area contributed by atoms with E-state index in [-0.39, 0.29) is 12.5 Å². The van der Waals surface area contributed by atoms with Crippen LogP contribution in [-0.2, 0) is 4.79 Å². The van der Waals surface area contributed by atoms with Gasteiger partial charge in [0.2, 0.25) is 5.82 Å². The second-order valence-corrected chi connectivity index (χ2v) is 6.55. The van der Waals surface area contributed by atoms with E-state index in [9.17, 15) is 4.79 Å². The highest BCUT2D eigenvalue weighted by molar-refractivity contribution is 5.78. The third-order valence-electron chi connectivity index (χ3n) is 4.61. The molecule has 1 aliphatic rings. The summed E-state index contributed by atoms with van der Waals surface area (Å²) in [4.78, 5) is 18.6. The smallest absolute Gasteiger partial charge is 0.260 e.